The number of carbonyl (C=O) groups is 1. The fourth-order valence-corrected chi connectivity index (χ4v) is 2.90. The van der Waals surface area contributed by atoms with Gasteiger partial charge in [-0.1, -0.05) is 0 Å². The van der Waals surface area contributed by atoms with Crippen LogP contribution < -0.4 is 16.4 Å². The van der Waals surface area contributed by atoms with Gasteiger partial charge in [0.25, 0.3) is 0 Å². The van der Waals surface area contributed by atoms with Crippen molar-refractivity contribution in [2.45, 2.75) is 19.3 Å². The van der Waals surface area contributed by atoms with E-state index < -0.39 is 0 Å². The SMILES string of the molecule is NC(=O)C1=C2NCCC2=C2NCCC2C1. The van der Waals surface area contributed by atoms with Crippen LogP contribution in [0.2, 0.25) is 0 Å². The number of hydrogen-bond acceptors (Lipinski definition) is 3. The maximum absolute atomic E-state index is 11.4. The maximum Gasteiger partial charge on any atom is 0.246 e. The summed E-state index contributed by atoms with van der Waals surface area (Å²) in [6.45, 7) is 1.96. The van der Waals surface area contributed by atoms with E-state index >= 15 is 0 Å². The highest BCUT2D eigenvalue weighted by atomic mass is 16.1. The number of hydrogen-bond donors (Lipinski definition) is 3. The van der Waals surface area contributed by atoms with E-state index in [1.807, 2.05) is 0 Å². The highest BCUT2D eigenvalue weighted by Gasteiger charge is 2.35. The summed E-state index contributed by atoms with van der Waals surface area (Å²) in [4.78, 5) is 11.4. The van der Waals surface area contributed by atoms with Crippen LogP contribution >= 0.6 is 0 Å². The topological polar surface area (TPSA) is 67.2 Å². The van der Waals surface area contributed by atoms with Gasteiger partial charge in [0.15, 0.2) is 0 Å². The zero-order valence-corrected chi connectivity index (χ0v) is 8.60. The minimum atomic E-state index is -0.261. The van der Waals surface area contributed by atoms with Crippen molar-refractivity contribution in [2.75, 3.05) is 13.1 Å². The predicted molar refractivity (Wildman–Crippen MR) is 56.6 cm³/mol. The molecule has 0 aromatic carbocycles. The van der Waals surface area contributed by atoms with Crippen LogP contribution in [0.3, 0.4) is 0 Å². The molecule has 1 unspecified atom stereocenters. The van der Waals surface area contributed by atoms with E-state index in [-0.39, 0.29) is 5.91 Å². The van der Waals surface area contributed by atoms with Gasteiger partial charge >= 0.3 is 0 Å². The molecule has 0 radical (unpaired) electrons. The molecule has 1 amide bonds. The lowest BCUT2D eigenvalue weighted by molar-refractivity contribution is -0.114. The monoisotopic (exact) mass is 205 g/mol. The molecule has 0 spiro atoms. The third kappa shape index (κ3) is 1.17. The number of primary amides is 1. The quantitative estimate of drug-likeness (QED) is 0.564. The Kier molecular flexibility index (Phi) is 1.78. The zero-order chi connectivity index (χ0) is 10.4. The van der Waals surface area contributed by atoms with Gasteiger partial charge in [-0.2, -0.15) is 0 Å². The fourth-order valence-electron chi connectivity index (χ4n) is 2.90. The molecule has 0 aromatic rings. The first-order valence-electron chi connectivity index (χ1n) is 5.51. The third-order valence-corrected chi connectivity index (χ3v) is 3.57. The Morgan fingerprint density at radius 3 is 3.00 bits per heavy atom. The molecule has 0 saturated carbocycles. The number of fused-ring (bicyclic) bond motifs is 2. The Balaban J connectivity index is 2.11. The average molecular weight is 205 g/mol. The van der Waals surface area contributed by atoms with E-state index in [4.69, 9.17) is 5.73 Å². The largest absolute Gasteiger partial charge is 0.388 e. The molecule has 3 rings (SSSR count). The summed E-state index contributed by atoms with van der Waals surface area (Å²) in [6, 6.07) is 0. The summed E-state index contributed by atoms with van der Waals surface area (Å²) < 4.78 is 0. The molecule has 2 aliphatic heterocycles. The van der Waals surface area contributed by atoms with Crippen molar-refractivity contribution in [3.05, 3.63) is 22.5 Å². The second kappa shape index (κ2) is 3.02. The number of allylic oxidation sites excluding steroid dienone is 2. The van der Waals surface area contributed by atoms with Crippen molar-refractivity contribution in [3.63, 3.8) is 0 Å². The second-order valence-corrected chi connectivity index (χ2v) is 4.40. The van der Waals surface area contributed by atoms with Crippen molar-refractivity contribution in [2.24, 2.45) is 11.7 Å². The summed E-state index contributed by atoms with van der Waals surface area (Å²) in [5.74, 6) is 0.244. The van der Waals surface area contributed by atoms with Gasteiger partial charge in [-0.3, -0.25) is 4.79 Å². The van der Waals surface area contributed by atoms with Gasteiger partial charge in [-0.25, -0.2) is 0 Å². The van der Waals surface area contributed by atoms with E-state index in [2.05, 4.69) is 10.6 Å². The van der Waals surface area contributed by atoms with Gasteiger partial charge in [-0.05, 0) is 24.8 Å². The zero-order valence-electron chi connectivity index (χ0n) is 8.60. The molecule has 2 fully saturated rings. The van der Waals surface area contributed by atoms with Crippen LogP contribution in [0, 0.1) is 5.92 Å². The lowest BCUT2D eigenvalue weighted by Gasteiger charge is -2.23. The van der Waals surface area contributed by atoms with E-state index in [9.17, 15) is 4.79 Å². The van der Waals surface area contributed by atoms with Crippen LogP contribution in [0.1, 0.15) is 19.3 Å². The average Bonchev–Trinajstić information content (AvgIpc) is 2.83. The summed E-state index contributed by atoms with van der Waals surface area (Å²) in [7, 11) is 0. The first kappa shape index (κ1) is 8.83. The Hall–Kier alpha value is -1.45. The Morgan fingerprint density at radius 1 is 1.33 bits per heavy atom. The Labute approximate surface area is 88.6 Å². The highest BCUT2D eigenvalue weighted by Crippen LogP contribution is 2.39. The number of nitrogens with two attached hydrogens (primary N) is 1. The number of nitrogens with one attached hydrogen (secondary N) is 2. The molecule has 80 valence electrons. The van der Waals surface area contributed by atoms with Crippen LogP contribution in [-0.4, -0.2) is 19.0 Å². The van der Waals surface area contributed by atoms with Crippen LogP contribution in [-0.2, 0) is 4.79 Å². The summed E-state index contributed by atoms with van der Waals surface area (Å²) >= 11 is 0. The Morgan fingerprint density at radius 2 is 2.20 bits per heavy atom. The summed E-state index contributed by atoms with van der Waals surface area (Å²) in [5, 5.41) is 6.73. The molecule has 1 atom stereocenters. The smallest absolute Gasteiger partial charge is 0.246 e. The lowest BCUT2D eigenvalue weighted by atomic mass is 9.85. The molecule has 15 heavy (non-hydrogen) atoms. The van der Waals surface area contributed by atoms with Crippen LogP contribution in [0.15, 0.2) is 22.5 Å². The van der Waals surface area contributed by atoms with Crippen molar-refractivity contribution in [1.82, 2.24) is 10.6 Å². The molecular formula is C11H15N3O. The van der Waals surface area contributed by atoms with Crippen molar-refractivity contribution in [3.8, 4) is 0 Å². The van der Waals surface area contributed by atoms with Gasteiger partial charge in [-0.15, -0.1) is 0 Å². The molecular weight excluding hydrogens is 190 g/mol. The van der Waals surface area contributed by atoms with Crippen LogP contribution in [0.25, 0.3) is 0 Å². The molecule has 4 nitrogen and oxygen atoms in total. The summed E-state index contributed by atoms with van der Waals surface area (Å²) in [6.07, 6.45) is 2.96. The minimum absolute atomic E-state index is 0.261. The fraction of sp³-hybridized carbons (Fsp3) is 0.545. The van der Waals surface area contributed by atoms with Gasteiger partial charge < -0.3 is 16.4 Å². The van der Waals surface area contributed by atoms with E-state index in [1.54, 1.807) is 0 Å². The highest BCUT2D eigenvalue weighted by molar-refractivity contribution is 5.94. The molecule has 2 heterocycles. The van der Waals surface area contributed by atoms with Crippen molar-refractivity contribution >= 4 is 5.91 Å². The van der Waals surface area contributed by atoms with Crippen LogP contribution in [0.4, 0.5) is 0 Å². The molecule has 1 aliphatic carbocycles. The summed E-state index contributed by atoms with van der Waals surface area (Å²) in [5.41, 5.74) is 9.91. The van der Waals surface area contributed by atoms with Crippen molar-refractivity contribution < 1.29 is 4.79 Å². The van der Waals surface area contributed by atoms with Crippen molar-refractivity contribution in [1.29, 1.82) is 0 Å². The molecule has 3 aliphatic rings. The first-order chi connectivity index (χ1) is 7.27. The third-order valence-electron chi connectivity index (χ3n) is 3.57. The van der Waals surface area contributed by atoms with Gasteiger partial charge in [0.2, 0.25) is 5.91 Å². The van der Waals surface area contributed by atoms with E-state index in [0.717, 1.165) is 43.6 Å². The molecule has 0 aromatic heterocycles. The normalized spacial score (nSPS) is 28.4. The van der Waals surface area contributed by atoms with Crippen LogP contribution in [0.5, 0.6) is 0 Å². The van der Waals surface area contributed by atoms with E-state index in [1.165, 1.54) is 11.3 Å². The van der Waals surface area contributed by atoms with Gasteiger partial charge in [0, 0.05) is 36.0 Å². The standard InChI is InChI=1S/C11H15N3O/c12-11(15)8-5-6-1-3-13-9(6)7-2-4-14-10(7)8/h6,13-14H,1-5H2,(H2,12,15). The lowest BCUT2D eigenvalue weighted by Crippen LogP contribution is -2.26. The van der Waals surface area contributed by atoms with E-state index in [0.29, 0.717) is 5.92 Å². The van der Waals surface area contributed by atoms with Gasteiger partial charge in [0.1, 0.15) is 0 Å². The minimum Gasteiger partial charge on any atom is -0.388 e. The second-order valence-electron chi connectivity index (χ2n) is 4.40. The molecule has 2 saturated heterocycles. The number of carbonyl (C=O) groups excluding carboxylic acids is 1. The number of rotatable bonds is 1. The maximum atomic E-state index is 11.4. The molecule has 4 heteroatoms. The van der Waals surface area contributed by atoms with Gasteiger partial charge in [0.05, 0.1) is 0 Å². The Bertz CT molecular complexity index is 395. The first-order valence-corrected chi connectivity index (χ1v) is 5.51. The number of amides is 1. The molecule has 4 N–H and O–H groups in total. The molecule has 0 bridgehead atoms. The predicted octanol–water partition coefficient (Wildman–Crippen LogP) is -0.0136.